The van der Waals surface area contributed by atoms with Crippen molar-refractivity contribution in [2.45, 2.75) is 6.92 Å². The van der Waals surface area contributed by atoms with Crippen LogP contribution < -0.4 is 9.64 Å². The molecule has 2 aromatic rings. The molecule has 4 rings (SSSR count). The van der Waals surface area contributed by atoms with Gasteiger partial charge in [-0.15, -0.1) is 11.3 Å². The summed E-state index contributed by atoms with van der Waals surface area (Å²) in [7, 11) is -4.19. The van der Waals surface area contributed by atoms with Gasteiger partial charge in [0.05, 0.1) is 16.3 Å². The summed E-state index contributed by atoms with van der Waals surface area (Å²) < 4.78 is 31.6. The number of aromatic nitrogens is 1. The van der Waals surface area contributed by atoms with Crippen molar-refractivity contribution in [3.63, 3.8) is 0 Å². The van der Waals surface area contributed by atoms with E-state index in [1.54, 1.807) is 0 Å². The van der Waals surface area contributed by atoms with E-state index in [1.165, 1.54) is 37.8 Å². The molecule has 0 aromatic heterocycles. The maximum absolute atomic E-state index is 8.83. The van der Waals surface area contributed by atoms with E-state index in [-0.39, 0.29) is 0 Å². The Hall–Kier alpha value is -1.80. The van der Waals surface area contributed by atoms with Crippen LogP contribution in [0.4, 0.5) is 0 Å². The van der Waals surface area contributed by atoms with Gasteiger partial charge in [-0.2, -0.15) is 0 Å². The summed E-state index contributed by atoms with van der Waals surface area (Å²) in [6, 6.07) is 15.1. The number of aryl methyl sites for hydroxylation is 1. The SMILES string of the molecule is Cc1ccc2scc3c4ccccc4[nH+]c-3c2c1.[O-][Cl+](O)(O)O. The van der Waals surface area contributed by atoms with Crippen LogP contribution in [0.25, 0.3) is 32.2 Å². The number of hydrogen-bond donors (Lipinski definition) is 3. The third-order valence-corrected chi connectivity index (χ3v) is 4.42. The van der Waals surface area contributed by atoms with Gasteiger partial charge in [0, 0.05) is 16.1 Å². The van der Waals surface area contributed by atoms with Crippen molar-refractivity contribution in [1.29, 1.82) is 0 Å². The normalized spacial score (nSPS) is 12.4. The zero-order valence-electron chi connectivity index (χ0n) is 12.2. The van der Waals surface area contributed by atoms with Crippen LogP contribution >= 0.6 is 11.3 Å². The van der Waals surface area contributed by atoms with E-state index < -0.39 is 10.2 Å². The summed E-state index contributed by atoms with van der Waals surface area (Å²) in [5.41, 5.74) is 5.11. The fourth-order valence-electron chi connectivity index (χ4n) is 2.56. The van der Waals surface area contributed by atoms with Gasteiger partial charge in [-0.3, -0.25) is 0 Å². The third kappa shape index (κ3) is 3.59. The molecule has 0 saturated heterocycles. The Morgan fingerprint density at radius 3 is 2.48 bits per heavy atom. The number of H-pyrrole nitrogens is 1. The van der Waals surface area contributed by atoms with Crippen molar-refractivity contribution in [2.24, 2.45) is 0 Å². The molecule has 5 nitrogen and oxygen atoms in total. The van der Waals surface area contributed by atoms with E-state index in [2.05, 4.69) is 59.8 Å². The number of halogens is 1. The van der Waals surface area contributed by atoms with Gasteiger partial charge in [0.25, 0.3) is 0 Å². The Balaban J connectivity index is 0.000000276. The molecule has 2 heterocycles. The molecule has 120 valence electrons. The summed E-state index contributed by atoms with van der Waals surface area (Å²) in [6.07, 6.45) is 0. The van der Waals surface area contributed by atoms with Gasteiger partial charge >= 0.3 is 28.9 Å². The number of benzene rings is 2. The summed E-state index contributed by atoms with van der Waals surface area (Å²) in [6.45, 7) is 2.14. The first kappa shape index (κ1) is 16.1. The predicted octanol–water partition coefficient (Wildman–Crippen LogP) is 1.42. The average Bonchev–Trinajstić information content (AvgIpc) is 2.84. The van der Waals surface area contributed by atoms with Crippen LogP contribution in [0.3, 0.4) is 0 Å². The number of hydrogen-bond acceptors (Lipinski definition) is 5. The van der Waals surface area contributed by atoms with Gasteiger partial charge in [0.1, 0.15) is 0 Å². The minimum atomic E-state index is -4.19. The van der Waals surface area contributed by atoms with Crippen molar-refractivity contribution in [3.8, 4) is 11.3 Å². The molecule has 0 aliphatic carbocycles. The predicted molar refractivity (Wildman–Crippen MR) is 83.9 cm³/mol. The number of rotatable bonds is 0. The second-order valence-electron chi connectivity index (χ2n) is 5.13. The van der Waals surface area contributed by atoms with Crippen LogP contribution in [0.1, 0.15) is 5.56 Å². The van der Waals surface area contributed by atoms with Crippen LogP contribution in [-0.2, 0) is 0 Å². The summed E-state index contributed by atoms with van der Waals surface area (Å²) in [5, 5.41) is 4.90. The first-order valence-electron chi connectivity index (χ1n) is 6.71. The third-order valence-electron chi connectivity index (χ3n) is 3.45. The Kier molecular flexibility index (Phi) is 4.20. The quantitative estimate of drug-likeness (QED) is 0.446. The molecule has 0 fully saturated rings. The fraction of sp³-hybridized carbons (Fsp3) is 0.0625. The van der Waals surface area contributed by atoms with Crippen LogP contribution in [0.5, 0.6) is 0 Å². The molecule has 0 bridgehead atoms. The molecule has 0 amide bonds. The van der Waals surface area contributed by atoms with Gasteiger partial charge in [-0.05, 0) is 25.1 Å². The van der Waals surface area contributed by atoms with Gasteiger partial charge in [-0.25, -0.2) is 4.98 Å². The van der Waals surface area contributed by atoms with Crippen molar-refractivity contribution in [3.05, 3.63) is 53.4 Å². The van der Waals surface area contributed by atoms with Crippen LogP contribution in [0.15, 0.2) is 47.8 Å². The van der Waals surface area contributed by atoms with Crippen LogP contribution in [-0.4, -0.2) is 14.0 Å². The molecule has 0 saturated carbocycles. The van der Waals surface area contributed by atoms with Crippen molar-refractivity contribution < 1.29 is 33.9 Å². The van der Waals surface area contributed by atoms with Crippen LogP contribution in [0.2, 0.25) is 0 Å². The summed E-state index contributed by atoms with van der Waals surface area (Å²) in [4.78, 5) is 3.55. The number of nitrogens with one attached hydrogen (secondary N) is 1. The maximum atomic E-state index is 8.83. The Morgan fingerprint density at radius 1 is 1.04 bits per heavy atom. The summed E-state index contributed by atoms with van der Waals surface area (Å²) in [5.74, 6) is 0. The molecule has 0 unspecified atom stereocenters. The minimum absolute atomic E-state index is 1.22. The average molecular weight is 353 g/mol. The van der Waals surface area contributed by atoms with Crippen molar-refractivity contribution in [2.75, 3.05) is 0 Å². The van der Waals surface area contributed by atoms with Crippen molar-refractivity contribution in [1.82, 2.24) is 0 Å². The number of fused-ring (bicyclic) bond motifs is 5. The molecule has 0 atom stereocenters. The van der Waals surface area contributed by atoms with E-state index in [0.717, 1.165) is 0 Å². The number of para-hydroxylation sites is 1. The van der Waals surface area contributed by atoms with E-state index in [9.17, 15) is 0 Å². The van der Waals surface area contributed by atoms with E-state index >= 15 is 0 Å². The summed E-state index contributed by atoms with van der Waals surface area (Å²) >= 11 is 1.81. The number of aromatic amines is 1. The van der Waals surface area contributed by atoms with E-state index in [1.807, 2.05) is 11.3 Å². The van der Waals surface area contributed by atoms with Gasteiger partial charge in [-0.1, -0.05) is 23.8 Å². The molecular weight excluding hydrogens is 338 g/mol. The first-order chi connectivity index (χ1) is 10.8. The Bertz CT molecular complexity index is 942. The zero-order valence-corrected chi connectivity index (χ0v) is 13.7. The van der Waals surface area contributed by atoms with Crippen LogP contribution in [0, 0.1) is 17.2 Å². The Morgan fingerprint density at radius 2 is 1.74 bits per heavy atom. The topological polar surface area (TPSA) is 97.9 Å². The second-order valence-corrected chi connectivity index (χ2v) is 6.91. The van der Waals surface area contributed by atoms with Gasteiger partial charge < -0.3 is 0 Å². The zero-order chi connectivity index (χ0) is 16.6. The first-order valence-corrected chi connectivity index (χ1v) is 8.91. The molecular formula is C16H15ClNO4S+. The van der Waals surface area contributed by atoms with Gasteiger partial charge in [0.2, 0.25) is 11.2 Å². The van der Waals surface area contributed by atoms with E-state index in [4.69, 9.17) is 18.6 Å². The molecule has 7 heteroatoms. The van der Waals surface area contributed by atoms with Crippen molar-refractivity contribution >= 4 is 32.3 Å². The monoisotopic (exact) mass is 352 g/mol. The molecule has 0 radical (unpaired) electrons. The molecule has 2 aromatic carbocycles. The standard InChI is InChI=1S/C16H11NS.ClH3O4/c1-10-6-7-15-12(8-10)16-13(9-18-15)11-4-2-3-5-14(11)17-16;2-1(3,4)5/h2-9H,1H3;2-4H/p+1. The molecule has 2 aliphatic heterocycles. The fourth-order valence-corrected chi connectivity index (χ4v) is 3.49. The van der Waals surface area contributed by atoms with E-state index in [0.29, 0.717) is 0 Å². The molecule has 0 spiro atoms. The molecule has 2 aliphatic rings. The van der Waals surface area contributed by atoms with Gasteiger partial charge in [0.15, 0.2) is 0 Å². The second kappa shape index (κ2) is 6.01. The molecule has 4 N–H and O–H groups in total. The Labute approximate surface area is 138 Å². The molecule has 23 heavy (non-hydrogen) atoms.